The minimum Gasteiger partial charge on any atom is -0.462 e. The molecular formula is C28H21F5O3. The molecule has 0 saturated heterocycles. The number of aliphatic hydroxyl groups excluding tert-OH is 1. The Morgan fingerprint density at radius 1 is 0.861 bits per heavy atom. The first-order valence-corrected chi connectivity index (χ1v) is 11.1. The predicted molar refractivity (Wildman–Crippen MR) is 127 cm³/mol. The van der Waals surface area contributed by atoms with E-state index in [1.54, 1.807) is 49.4 Å². The van der Waals surface area contributed by atoms with Crippen molar-refractivity contribution in [1.82, 2.24) is 0 Å². The van der Waals surface area contributed by atoms with Crippen molar-refractivity contribution in [2.75, 3.05) is 6.61 Å². The lowest BCUT2D eigenvalue weighted by Gasteiger charge is -2.14. The summed E-state index contributed by atoms with van der Waals surface area (Å²) in [6.07, 6.45) is -9.27. The number of hydrogen-bond donors (Lipinski definition) is 1. The molecule has 8 heteroatoms. The van der Waals surface area contributed by atoms with Crippen LogP contribution in [0.25, 0.3) is 33.0 Å². The lowest BCUT2D eigenvalue weighted by molar-refractivity contribution is -0.137. The van der Waals surface area contributed by atoms with Crippen LogP contribution in [0.15, 0.2) is 78.9 Å². The lowest BCUT2D eigenvalue weighted by Crippen LogP contribution is -2.07. The fourth-order valence-corrected chi connectivity index (χ4v) is 3.98. The molecule has 0 aliphatic heterocycles. The van der Waals surface area contributed by atoms with Crippen molar-refractivity contribution in [2.24, 2.45) is 0 Å². The maximum atomic E-state index is 12.9. The van der Waals surface area contributed by atoms with Crippen molar-refractivity contribution < 1.29 is 36.6 Å². The third kappa shape index (κ3) is 5.23. The summed E-state index contributed by atoms with van der Waals surface area (Å²) in [5.74, 6) is -0.551. The molecule has 0 amide bonds. The molecule has 36 heavy (non-hydrogen) atoms. The molecule has 0 fully saturated rings. The number of carbonyl (C=O) groups is 1. The van der Waals surface area contributed by atoms with Crippen LogP contribution in [0.2, 0.25) is 0 Å². The van der Waals surface area contributed by atoms with E-state index in [0.717, 1.165) is 17.5 Å². The fraction of sp³-hybridized carbons (Fsp3) is 0.179. The molecule has 0 heterocycles. The van der Waals surface area contributed by atoms with Gasteiger partial charge in [0, 0.05) is 0 Å². The smallest absolute Gasteiger partial charge is 0.416 e. The molecule has 3 nitrogen and oxygen atoms in total. The van der Waals surface area contributed by atoms with E-state index in [2.05, 4.69) is 0 Å². The Bertz CT molecular complexity index is 1380. The van der Waals surface area contributed by atoms with Gasteiger partial charge in [-0.1, -0.05) is 48.5 Å². The summed E-state index contributed by atoms with van der Waals surface area (Å²) in [6.45, 7) is 1.84. The fourth-order valence-electron chi connectivity index (χ4n) is 3.98. The number of carbonyl (C=O) groups excluding carboxylic acids is 1. The number of fused-ring (bicyclic) bond motifs is 1. The van der Waals surface area contributed by atoms with Gasteiger partial charge >= 0.3 is 12.1 Å². The average molecular weight is 500 g/mol. The van der Waals surface area contributed by atoms with Crippen LogP contribution in [0.4, 0.5) is 22.0 Å². The van der Waals surface area contributed by atoms with Crippen molar-refractivity contribution in [3.8, 4) is 22.3 Å². The number of halogens is 5. The molecule has 4 aromatic rings. The van der Waals surface area contributed by atoms with Gasteiger partial charge in [-0.05, 0) is 75.8 Å². The standard InChI is InChI=1S/C28H21F5O3/c1-2-36-27(35)21-14-20-13-19(16-7-10-22(11-8-16)28(31,32)33)9-12-23(20)24(15-21)17-3-5-18(6-4-17)25(34)26(29)30/h3-15,25-26,34H,2H2,1H3. The molecule has 0 spiro atoms. The Kier molecular flexibility index (Phi) is 7.08. The number of alkyl halides is 5. The molecule has 1 N–H and O–H groups in total. The number of benzene rings is 4. The highest BCUT2D eigenvalue weighted by atomic mass is 19.4. The molecule has 0 radical (unpaired) electrons. The molecule has 4 rings (SSSR count). The van der Waals surface area contributed by atoms with Gasteiger partial charge in [0.15, 0.2) is 0 Å². The van der Waals surface area contributed by atoms with E-state index in [4.69, 9.17) is 4.74 Å². The van der Waals surface area contributed by atoms with Gasteiger partial charge in [0.05, 0.1) is 17.7 Å². The lowest BCUT2D eigenvalue weighted by atomic mass is 9.92. The van der Waals surface area contributed by atoms with Crippen LogP contribution in [0.3, 0.4) is 0 Å². The monoisotopic (exact) mass is 500 g/mol. The topological polar surface area (TPSA) is 46.5 Å². The van der Waals surface area contributed by atoms with Crippen LogP contribution < -0.4 is 0 Å². The largest absolute Gasteiger partial charge is 0.462 e. The Labute approximate surface area is 203 Å². The van der Waals surface area contributed by atoms with Gasteiger partial charge in [0.1, 0.15) is 6.10 Å². The zero-order valence-corrected chi connectivity index (χ0v) is 19.0. The molecular weight excluding hydrogens is 479 g/mol. The SMILES string of the molecule is CCOC(=O)c1cc(-c2ccc(C(O)C(F)F)cc2)c2ccc(-c3ccc(C(F)(F)F)cc3)cc2c1. The van der Waals surface area contributed by atoms with E-state index >= 15 is 0 Å². The second kappa shape index (κ2) is 10.1. The summed E-state index contributed by atoms with van der Waals surface area (Å²) >= 11 is 0. The average Bonchev–Trinajstić information content (AvgIpc) is 2.87. The van der Waals surface area contributed by atoms with Crippen LogP contribution in [0.5, 0.6) is 0 Å². The highest BCUT2D eigenvalue weighted by molar-refractivity contribution is 6.04. The third-order valence-electron chi connectivity index (χ3n) is 5.81. The van der Waals surface area contributed by atoms with Gasteiger partial charge in [-0.3, -0.25) is 0 Å². The predicted octanol–water partition coefficient (Wildman–Crippen LogP) is 7.67. The summed E-state index contributed by atoms with van der Waals surface area (Å²) in [4.78, 5) is 12.5. The first kappa shape index (κ1) is 25.3. The van der Waals surface area contributed by atoms with Crippen molar-refractivity contribution in [3.05, 3.63) is 95.6 Å². The minimum absolute atomic E-state index is 0.0594. The summed E-state index contributed by atoms with van der Waals surface area (Å²) in [5, 5.41) is 11.0. The van der Waals surface area contributed by atoms with Crippen LogP contribution in [0, 0.1) is 0 Å². The van der Waals surface area contributed by atoms with Gasteiger partial charge in [0.2, 0.25) is 0 Å². The normalized spacial score (nSPS) is 12.7. The zero-order valence-electron chi connectivity index (χ0n) is 19.0. The zero-order chi connectivity index (χ0) is 26.0. The Hall–Kier alpha value is -3.78. The van der Waals surface area contributed by atoms with E-state index in [1.165, 1.54) is 24.3 Å². The summed E-state index contributed by atoms with van der Waals surface area (Å²) in [5.41, 5.74) is 2.05. The number of esters is 1. The molecule has 0 bridgehead atoms. The maximum absolute atomic E-state index is 12.9. The highest BCUT2D eigenvalue weighted by Crippen LogP contribution is 2.36. The molecule has 1 unspecified atom stereocenters. The van der Waals surface area contributed by atoms with Crippen molar-refractivity contribution in [3.63, 3.8) is 0 Å². The number of aliphatic hydroxyl groups is 1. The Morgan fingerprint density at radius 3 is 2.06 bits per heavy atom. The number of hydrogen-bond acceptors (Lipinski definition) is 3. The first-order valence-electron chi connectivity index (χ1n) is 11.1. The van der Waals surface area contributed by atoms with Gasteiger partial charge in [-0.25, -0.2) is 13.6 Å². The first-order chi connectivity index (χ1) is 17.1. The molecule has 0 aromatic heterocycles. The molecule has 0 aliphatic rings. The molecule has 1 atom stereocenters. The van der Waals surface area contributed by atoms with Crippen LogP contribution in [-0.2, 0) is 10.9 Å². The van der Waals surface area contributed by atoms with Crippen LogP contribution in [-0.4, -0.2) is 24.1 Å². The molecule has 186 valence electrons. The number of ether oxygens (including phenoxy) is 1. The molecule has 4 aromatic carbocycles. The second-order valence-corrected chi connectivity index (χ2v) is 8.16. The van der Waals surface area contributed by atoms with E-state index < -0.39 is 30.2 Å². The van der Waals surface area contributed by atoms with Gasteiger partial charge in [0.25, 0.3) is 6.43 Å². The van der Waals surface area contributed by atoms with Crippen LogP contribution in [0.1, 0.15) is 34.5 Å². The number of rotatable bonds is 6. The quantitative estimate of drug-likeness (QED) is 0.218. The van der Waals surface area contributed by atoms with E-state index in [9.17, 15) is 31.9 Å². The summed E-state index contributed by atoms with van der Waals surface area (Å²) < 4.78 is 69.7. The summed E-state index contributed by atoms with van der Waals surface area (Å²) in [6, 6.07) is 19.3. The van der Waals surface area contributed by atoms with Crippen molar-refractivity contribution in [1.29, 1.82) is 0 Å². The Morgan fingerprint density at radius 2 is 1.47 bits per heavy atom. The van der Waals surface area contributed by atoms with E-state index in [1.807, 2.05) is 0 Å². The third-order valence-corrected chi connectivity index (χ3v) is 5.81. The van der Waals surface area contributed by atoms with Crippen molar-refractivity contribution in [2.45, 2.75) is 25.6 Å². The Balaban J connectivity index is 1.82. The van der Waals surface area contributed by atoms with E-state index in [0.29, 0.717) is 27.6 Å². The van der Waals surface area contributed by atoms with Gasteiger partial charge in [-0.15, -0.1) is 0 Å². The maximum Gasteiger partial charge on any atom is 0.416 e. The van der Waals surface area contributed by atoms with Gasteiger partial charge < -0.3 is 9.84 Å². The van der Waals surface area contributed by atoms with E-state index in [-0.39, 0.29) is 17.7 Å². The van der Waals surface area contributed by atoms with Crippen molar-refractivity contribution >= 4 is 16.7 Å². The molecule has 0 saturated carbocycles. The van der Waals surface area contributed by atoms with Crippen LogP contribution >= 0.6 is 0 Å². The second-order valence-electron chi connectivity index (χ2n) is 8.16. The minimum atomic E-state index is -4.44. The molecule has 0 aliphatic carbocycles. The van der Waals surface area contributed by atoms with Gasteiger partial charge in [-0.2, -0.15) is 13.2 Å². The highest BCUT2D eigenvalue weighted by Gasteiger charge is 2.30. The summed E-state index contributed by atoms with van der Waals surface area (Å²) in [7, 11) is 0.